The Kier molecular flexibility index (Phi) is 3.15. The monoisotopic (exact) mass is 258 g/mol. The number of hydrogen-bond acceptors (Lipinski definition) is 2. The number of aromatic nitrogens is 1. The first-order chi connectivity index (χ1) is 9.22. The van der Waals surface area contributed by atoms with E-state index in [9.17, 15) is 4.79 Å². The fraction of sp³-hybridized carbons (Fsp3) is 0.400. The number of aliphatic carboxylic acids is 1. The van der Waals surface area contributed by atoms with Gasteiger partial charge in [-0.3, -0.25) is 4.79 Å². The molecule has 3 N–H and O–H groups in total. The van der Waals surface area contributed by atoms with Gasteiger partial charge in [0, 0.05) is 28.8 Å². The van der Waals surface area contributed by atoms with Crippen molar-refractivity contribution in [2.75, 3.05) is 5.32 Å². The molecule has 19 heavy (non-hydrogen) atoms. The van der Waals surface area contributed by atoms with Crippen molar-refractivity contribution in [1.29, 1.82) is 0 Å². The number of aromatic amines is 1. The second kappa shape index (κ2) is 4.96. The number of carboxylic acids is 1. The number of benzene rings is 1. The molecule has 1 aromatic carbocycles. The summed E-state index contributed by atoms with van der Waals surface area (Å²) in [5.41, 5.74) is 2.20. The molecule has 4 heteroatoms. The molecule has 1 saturated carbocycles. The van der Waals surface area contributed by atoms with E-state index in [0.29, 0.717) is 0 Å². The molecule has 0 amide bonds. The first-order valence-corrected chi connectivity index (χ1v) is 6.79. The molecular formula is C15H18N2O2. The van der Waals surface area contributed by atoms with E-state index >= 15 is 0 Å². The van der Waals surface area contributed by atoms with Gasteiger partial charge in [-0.05, 0) is 43.5 Å². The molecule has 0 aliphatic heterocycles. The molecule has 0 spiro atoms. The topological polar surface area (TPSA) is 65.1 Å². The second-order valence-corrected chi connectivity index (χ2v) is 5.32. The zero-order valence-corrected chi connectivity index (χ0v) is 10.7. The van der Waals surface area contributed by atoms with E-state index in [1.165, 1.54) is 5.39 Å². The van der Waals surface area contributed by atoms with Crippen LogP contribution in [-0.4, -0.2) is 22.1 Å². The number of rotatable bonds is 3. The van der Waals surface area contributed by atoms with Gasteiger partial charge in [-0.2, -0.15) is 0 Å². The van der Waals surface area contributed by atoms with Crippen LogP contribution in [0.3, 0.4) is 0 Å². The van der Waals surface area contributed by atoms with Gasteiger partial charge in [0.25, 0.3) is 0 Å². The highest BCUT2D eigenvalue weighted by Crippen LogP contribution is 2.27. The van der Waals surface area contributed by atoms with E-state index in [2.05, 4.69) is 22.4 Å². The zero-order valence-electron chi connectivity index (χ0n) is 10.7. The van der Waals surface area contributed by atoms with E-state index in [4.69, 9.17) is 5.11 Å². The summed E-state index contributed by atoms with van der Waals surface area (Å²) in [6.07, 6.45) is 5.50. The third-order valence-corrected chi connectivity index (χ3v) is 3.95. The maximum atomic E-state index is 11.1. The van der Waals surface area contributed by atoms with Crippen molar-refractivity contribution in [3.63, 3.8) is 0 Å². The van der Waals surface area contributed by atoms with Crippen LogP contribution in [0.5, 0.6) is 0 Å². The van der Waals surface area contributed by atoms with Crippen LogP contribution in [0.1, 0.15) is 25.7 Å². The molecule has 1 aliphatic rings. The van der Waals surface area contributed by atoms with Crippen LogP contribution in [0.25, 0.3) is 10.9 Å². The average molecular weight is 258 g/mol. The molecule has 0 saturated heterocycles. The van der Waals surface area contributed by atoms with E-state index in [1.807, 2.05) is 18.3 Å². The minimum absolute atomic E-state index is 0.192. The number of nitrogens with one attached hydrogen (secondary N) is 2. The molecule has 1 aromatic heterocycles. The van der Waals surface area contributed by atoms with Crippen molar-refractivity contribution >= 4 is 22.6 Å². The summed E-state index contributed by atoms with van der Waals surface area (Å²) >= 11 is 0. The normalized spacial score (nSPS) is 23.4. The molecule has 1 fully saturated rings. The molecule has 1 aliphatic carbocycles. The molecule has 2 atom stereocenters. The van der Waals surface area contributed by atoms with E-state index in [1.54, 1.807) is 0 Å². The van der Waals surface area contributed by atoms with Crippen LogP contribution in [-0.2, 0) is 4.79 Å². The largest absolute Gasteiger partial charge is 0.481 e. The number of carbonyl (C=O) groups is 1. The maximum Gasteiger partial charge on any atom is 0.306 e. The van der Waals surface area contributed by atoms with Gasteiger partial charge in [-0.1, -0.05) is 6.42 Å². The number of anilines is 1. The van der Waals surface area contributed by atoms with Gasteiger partial charge in [0.05, 0.1) is 5.92 Å². The molecule has 2 unspecified atom stereocenters. The lowest BCUT2D eigenvalue weighted by Crippen LogP contribution is -2.30. The Morgan fingerprint density at radius 2 is 2.21 bits per heavy atom. The fourth-order valence-corrected chi connectivity index (χ4v) is 2.92. The zero-order chi connectivity index (χ0) is 13.2. The first kappa shape index (κ1) is 12.1. The average Bonchev–Trinajstić information content (AvgIpc) is 2.86. The van der Waals surface area contributed by atoms with Crippen molar-refractivity contribution < 1.29 is 9.90 Å². The maximum absolute atomic E-state index is 11.1. The van der Waals surface area contributed by atoms with Gasteiger partial charge in [0.1, 0.15) is 0 Å². The minimum atomic E-state index is -0.660. The first-order valence-electron chi connectivity index (χ1n) is 6.79. The molecule has 0 bridgehead atoms. The lowest BCUT2D eigenvalue weighted by Gasteiger charge is -2.28. The Morgan fingerprint density at radius 3 is 3.05 bits per heavy atom. The smallest absolute Gasteiger partial charge is 0.306 e. The van der Waals surface area contributed by atoms with E-state index < -0.39 is 5.97 Å². The number of carboxylic acid groups (broad SMARTS) is 1. The van der Waals surface area contributed by atoms with Crippen LogP contribution >= 0.6 is 0 Å². The van der Waals surface area contributed by atoms with Crippen molar-refractivity contribution in [2.45, 2.75) is 31.7 Å². The van der Waals surface area contributed by atoms with Crippen molar-refractivity contribution in [1.82, 2.24) is 4.98 Å². The summed E-state index contributed by atoms with van der Waals surface area (Å²) in [4.78, 5) is 14.2. The van der Waals surface area contributed by atoms with Crippen molar-refractivity contribution in [3.8, 4) is 0 Å². The summed E-state index contributed by atoms with van der Waals surface area (Å²) < 4.78 is 0. The summed E-state index contributed by atoms with van der Waals surface area (Å²) in [6, 6.07) is 8.52. The highest BCUT2D eigenvalue weighted by molar-refractivity contribution is 5.83. The summed E-state index contributed by atoms with van der Waals surface area (Å²) in [5, 5.41) is 13.8. The lowest BCUT2D eigenvalue weighted by molar-refractivity contribution is -0.142. The van der Waals surface area contributed by atoms with E-state index in [0.717, 1.165) is 36.9 Å². The summed E-state index contributed by atoms with van der Waals surface area (Å²) in [7, 11) is 0. The quantitative estimate of drug-likeness (QED) is 0.792. The van der Waals surface area contributed by atoms with Gasteiger partial charge in [0.15, 0.2) is 0 Å². The Bertz CT molecular complexity index is 591. The van der Waals surface area contributed by atoms with Gasteiger partial charge < -0.3 is 15.4 Å². The fourth-order valence-electron chi connectivity index (χ4n) is 2.92. The van der Waals surface area contributed by atoms with Crippen LogP contribution in [0.15, 0.2) is 30.5 Å². The second-order valence-electron chi connectivity index (χ2n) is 5.32. The van der Waals surface area contributed by atoms with Crippen molar-refractivity contribution in [2.24, 2.45) is 5.92 Å². The Labute approximate surface area is 111 Å². The molecule has 0 radical (unpaired) electrons. The number of fused-ring (bicyclic) bond motifs is 1. The van der Waals surface area contributed by atoms with Crippen LogP contribution in [0, 0.1) is 5.92 Å². The van der Waals surface area contributed by atoms with Gasteiger partial charge in [-0.25, -0.2) is 0 Å². The molecule has 100 valence electrons. The SMILES string of the molecule is O=C(O)C1CCCC(Nc2ccc3[nH]ccc3c2)C1. The molecule has 1 heterocycles. The summed E-state index contributed by atoms with van der Waals surface area (Å²) in [6.45, 7) is 0. The Hall–Kier alpha value is -1.97. The standard InChI is InChI=1S/C15H18N2O2/c18-15(19)11-2-1-3-12(9-11)17-13-4-5-14-10(8-13)6-7-16-14/h4-8,11-12,16-17H,1-3,9H2,(H,18,19). The highest BCUT2D eigenvalue weighted by atomic mass is 16.4. The molecule has 4 nitrogen and oxygen atoms in total. The number of H-pyrrole nitrogens is 1. The van der Waals surface area contributed by atoms with E-state index in [-0.39, 0.29) is 12.0 Å². The Balaban J connectivity index is 1.71. The van der Waals surface area contributed by atoms with Gasteiger partial charge in [0.2, 0.25) is 0 Å². The third kappa shape index (κ3) is 2.57. The molecule has 3 rings (SSSR count). The van der Waals surface area contributed by atoms with Crippen molar-refractivity contribution in [3.05, 3.63) is 30.5 Å². The highest BCUT2D eigenvalue weighted by Gasteiger charge is 2.26. The van der Waals surface area contributed by atoms with Gasteiger partial charge in [-0.15, -0.1) is 0 Å². The lowest BCUT2D eigenvalue weighted by atomic mass is 9.85. The predicted molar refractivity (Wildman–Crippen MR) is 75.3 cm³/mol. The molecular weight excluding hydrogens is 240 g/mol. The van der Waals surface area contributed by atoms with Gasteiger partial charge >= 0.3 is 5.97 Å². The summed E-state index contributed by atoms with van der Waals surface area (Å²) in [5.74, 6) is -0.852. The predicted octanol–water partition coefficient (Wildman–Crippen LogP) is 3.22. The van der Waals surface area contributed by atoms with Crippen LogP contribution in [0.2, 0.25) is 0 Å². The number of hydrogen-bond donors (Lipinski definition) is 3. The van der Waals surface area contributed by atoms with Crippen LogP contribution in [0.4, 0.5) is 5.69 Å². The Morgan fingerprint density at radius 1 is 1.32 bits per heavy atom. The third-order valence-electron chi connectivity index (χ3n) is 3.95. The molecule has 2 aromatic rings. The minimum Gasteiger partial charge on any atom is -0.481 e. The van der Waals surface area contributed by atoms with Crippen LogP contribution < -0.4 is 5.32 Å².